The number of amides is 1. The molecular weight excluding hydrogens is 326 g/mol. The molecular formula is C19H22ClNOS. The van der Waals surface area contributed by atoms with Crippen LogP contribution >= 0.6 is 23.4 Å². The van der Waals surface area contributed by atoms with Crippen LogP contribution in [0.3, 0.4) is 0 Å². The van der Waals surface area contributed by atoms with Gasteiger partial charge in [0, 0.05) is 10.8 Å². The third-order valence-electron chi connectivity index (χ3n) is 3.66. The molecule has 0 aromatic heterocycles. The van der Waals surface area contributed by atoms with E-state index >= 15 is 0 Å². The third-order valence-corrected chi connectivity index (χ3v) is 4.90. The Balaban J connectivity index is 1.77. The van der Waals surface area contributed by atoms with Gasteiger partial charge in [-0.3, -0.25) is 4.79 Å². The molecule has 0 saturated carbocycles. The molecule has 0 aliphatic carbocycles. The van der Waals surface area contributed by atoms with E-state index in [1.165, 1.54) is 5.56 Å². The molecule has 2 aromatic rings. The van der Waals surface area contributed by atoms with Gasteiger partial charge in [0.15, 0.2) is 0 Å². The highest BCUT2D eigenvalue weighted by atomic mass is 35.5. The lowest BCUT2D eigenvalue weighted by atomic mass is 10.1. The van der Waals surface area contributed by atoms with Crippen molar-refractivity contribution in [2.24, 2.45) is 0 Å². The first-order valence-corrected chi connectivity index (χ1v) is 9.32. The Morgan fingerprint density at radius 1 is 1.17 bits per heavy atom. The minimum atomic E-state index is 0.0279. The van der Waals surface area contributed by atoms with E-state index in [1.54, 1.807) is 11.8 Å². The fourth-order valence-electron chi connectivity index (χ4n) is 2.30. The van der Waals surface area contributed by atoms with E-state index in [-0.39, 0.29) is 11.9 Å². The summed E-state index contributed by atoms with van der Waals surface area (Å²) < 4.78 is 0. The molecule has 0 radical (unpaired) electrons. The Morgan fingerprint density at radius 3 is 2.57 bits per heavy atom. The number of aryl methyl sites for hydroxylation is 1. The van der Waals surface area contributed by atoms with Gasteiger partial charge in [0.1, 0.15) is 0 Å². The summed E-state index contributed by atoms with van der Waals surface area (Å²) in [4.78, 5) is 12.0. The van der Waals surface area contributed by atoms with Crippen LogP contribution in [-0.2, 0) is 17.0 Å². The minimum Gasteiger partial charge on any atom is -0.349 e. The highest BCUT2D eigenvalue weighted by Crippen LogP contribution is 2.17. The van der Waals surface area contributed by atoms with Crippen LogP contribution in [0.4, 0.5) is 0 Å². The molecule has 2 nitrogen and oxygen atoms in total. The molecule has 2 aromatic carbocycles. The number of halogens is 1. The molecule has 0 aliphatic rings. The molecule has 122 valence electrons. The zero-order valence-electron chi connectivity index (χ0n) is 13.5. The van der Waals surface area contributed by atoms with Crippen molar-refractivity contribution in [1.82, 2.24) is 5.32 Å². The van der Waals surface area contributed by atoms with Gasteiger partial charge in [0.25, 0.3) is 0 Å². The van der Waals surface area contributed by atoms with E-state index in [4.69, 9.17) is 11.6 Å². The standard InChI is InChI=1S/C19H22ClNOS/c1-3-15-7-9-17(10-8-15)14(2)21-19(22)13-23-12-16-5-4-6-18(20)11-16/h4-11,14H,3,12-13H2,1-2H3,(H,21,22). The van der Waals surface area contributed by atoms with Gasteiger partial charge in [-0.1, -0.05) is 54.9 Å². The van der Waals surface area contributed by atoms with Crippen LogP contribution in [0.2, 0.25) is 5.02 Å². The van der Waals surface area contributed by atoms with Crippen LogP contribution in [0.1, 0.15) is 36.6 Å². The van der Waals surface area contributed by atoms with E-state index in [0.29, 0.717) is 5.75 Å². The monoisotopic (exact) mass is 347 g/mol. The molecule has 0 bridgehead atoms. The average molecular weight is 348 g/mol. The fraction of sp³-hybridized carbons (Fsp3) is 0.316. The number of rotatable bonds is 7. The lowest BCUT2D eigenvalue weighted by Crippen LogP contribution is -2.28. The molecule has 1 atom stereocenters. The van der Waals surface area contributed by atoms with E-state index in [9.17, 15) is 4.79 Å². The predicted molar refractivity (Wildman–Crippen MR) is 100.0 cm³/mol. The van der Waals surface area contributed by atoms with Gasteiger partial charge < -0.3 is 5.32 Å². The molecule has 1 amide bonds. The van der Waals surface area contributed by atoms with E-state index < -0.39 is 0 Å². The van der Waals surface area contributed by atoms with Crippen molar-refractivity contribution in [3.05, 3.63) is 70.2 Å². The molecule has 0 heterocycles. The number of carbonyl (C=O) groups excluding carboxylic acids is 1. The number of thioether (sulfide) groups is 1. The molecule has 2 rings (SSSR count). The maximum Gasteiger partial charge on any atom is 0.230 e. The van der Waals surface area contributed by atoms with Crippen molar-refractivity contribution in [1.29, 1.82) is 0 Å². The van der Waals surface area contributed by atoms with Gasteiger partial charge in [-0.25, -0.2) is 0 Å². The highest BCUT2D eigenvalue weighted by molar-refractivity contribution is 7.99. The van der Waals surface area contributed by atoms with Crippen molar-refractivity contribution in [2.45, 2.75) is 32.1 Å². The van der Waals surface area contributed by atoms with E-state index in [2.05, 4.69) is 36.5 Å². The van der Waals surface area contributed by atoms with Crippen molar-refractivity contribution in [2.75, 3.05) is 5.75 Å². The first-order chi connectivity index (χ1) is 11.1. The second-order valence-electron chi connectivity index (χ2n) is 5.51. The maximum absolute atomic E-state index is 12.0. The van der Waals surface area contributed by atoms with Gasteiger partial charge in [-0.2, -0.15) is 0 Å². The maximum atomic E-state index is 12.0. The Labute approximate surface area is 147 Å². The van der Waals surface area contributed by atoms with Crippen LogP contribution in [-0.4, -0.2) is 11.7 Å². The summed E-state index contributed by atoms with van der Waals surface area (Å²) >= 11 is 7.55. The van der Waals surface area contributed by atoms with Crippen LogP contribution in [0.25, 0.3) is 0 Å². The molecule has 0 spiro atoms. The van der Waals surface area contributed by atoms with Gasteiger partial charge in [-0.05, 0) is 42.2 Å². The summed E-state index contributed by atoms with van der Waals surface area (Å²) in [5.74, 6) is 1.29. The summed E-state index contributed by atoms with van der Waals surface area (Å²) in [6.45, 7) is 4.15. The highest BCUT2D eigenvalue weighted by Gasteiger charge is 2.09. The molecule has 1 N–H and O–H groups in total. The van der Waals surface area contributed by atoms with Crippen LogP contribution in [0.15, 0.2) is 48.5 Å². The third kappa shape index (κ3) is 5.92. The summed E-state index contributed by atoms with van der Waals surface area (Å²) in [6, 6.07) is 16.2. The molecule has 23 heavy (non-hydrogen) atoms. The fourth-order valence-corrected chi connectivity index (χ4v) is 3.30. The van der Waals surface area contributed by atoms with Gasteiger partial charge >= 0.3 is 0 Å². The Hall–Kier alpha value is -1.45. The molecule has 0 fully saturated rings. The smallest absolute Gasteiger partial charge is 0.230 e. The Morgan fingerprint density at radius 2 is 1.91 bits per heavy atom. The summed E-state index contributed by atoms with van der Waals surface area (Å²) in [7, 11) is 0. The van der Waals surface area contributed by atoms with Gasteiger partial charge in [0.05, 0.1) is 11.8 Å². The number of hydrogen-bond donors (Lipinski definition) is 1. The number of benzene rings is 2. The Kier molecular flexibility index (Phi) is 7.00. The zero-order chi connectivity index (χ0) is 16.7. The Bertz CT molecular complexity index is 642. The number of carbonyl (C=O) groups is 1. The first kappa shape index (κ1) is 17.9. The SMILES string of the molecule is CCc1ccc(C(C)NC(=O)CSCc2cccc(Cl)c2)cc1. The second kappa shape index (κ2) is 8.99. The molecule has 0 saturated heterocycles. The number of nitrogens with one attached hydrogen (secondary N) is 1. The lowest BCUT2D eigenvalue weighted by molar-refractivity contribution is -0.119. The van der Waals surface area contributed by atoms with Crippen molar-refractivity contribution in [3.63, 3.8) is 0 Å². The van der Waals surface area contributed by atoms with Crippen LogP contribution in [0, 0.1) is 0 Å². The minimum absolute atomic E-state index is 0.0279. The van der Waals surface area contributed by atoms with Crippen LogP contribution in [0.5, 0.6) is 0 Å². The topological polar surface area (TPSA) is 29.1 Å². The van der Waals surface area contributed by atoms with Crippen molar-refractivity contribution < 1.29 is 4.79 Å². The largest absolute Gasteiger partial charge is 0.349 e. The van der Waals surface area contributed by atoms with Gasteiger partial charge in [0.2, 0.25) is 5.91 Å². The van der Waals surface area contributed by atoms with Crippen LogP contribution < -0.4 is 5.32 Å². The quantitative estimate of drug-likeness (QED) is 0.762. The molecule has 1 unspecified atom stereocenters. The number of hydrogen-bond acceptors (Lipinski definition) is 2. The second-order valence-corrected chi connectivity index (χ2v) is 6.93. The molecule has 4 heteroatoms. The van der Waals surface area contributed by atoms with Gasteiger partial charge in [-0.15, -0.1) is 11.8 Å². The predicted octanol–water partition coefficient (Wildman–Crippen LogP) is 5.01. The summed E-state index contributed by atoms with van der Waals surface area (Å²) in [5, 5.41) is 3.78. The summed E-state index contributed by atoms with van der Waals surface area (Å²) in [6.07, 6.45) is 1.03. The first-order valence-electron chi connectivity index (χ1n) is 7.79. The van der Waals surface area contributed by atoms with Crippen molar-refractivity contribution >= 4 is 29.3 Å². The van der Waals surface area contributed by atoms with E-state index in [1.807, 2.05) is 31.2 Å². The van der Waals surface area contributed by atoms with Crippen molar-refractivity contribution in [3.8, 4) is 0 Å². The lowest BCUT2D eigenvalue weighted by Gasteiger charge is -2.14. The van der Waals surface area contributed by atoms with E-state index in [0.717, 1.165) is 28.3 Å². The molecule has 0 aliphatic heterocycles. The summed E-state index contributed by atoms with van der Waals surface area (Å²) in [5.41, 5.74) is 3.58. The zero-order valence-corrected chi connectivity index (χ0v) is 15.1. The average Bonchev–Trinajstić information content (AvgIpc) is 2.55. The normalized spacial score (nSPS) is 12.0.